The molecule has 0 fully saturated rings. The number of fused-ring (bicyclic) bond motifs is 2. The number of alkyl halides is 4. The number of rotatable bonds is 6. The Balaban J connectivity index is 1.58. The van der Waals surface area contributed by atoms with Crippen LogP contribution in [0.4, 0.5) is 27.6 Å². The van der Waals surface area contributed by atoms with Crippen LogP contribution in [-0.4, -0.2) is 46.4 Å². The van der Waals surface area contributed by atoms with Gasteiger partial charge in [-0.25, -0.2) is 8.78 Å². The molecule has 216 valence electrons. The van der Waals surface area contributed by atoms with Crippen LogP contribution >= 0.6 is 11.6 Å². The van der Waals surface area contributed by atoms with Gasteiger partial charge in [0.25, 0.3) is 5.91 Å². The topological polar surface area (TPSA) is 70.9 Å². The van der Waals surface area contributed by atoms with Crippen molar-refractivity contribution < 1.29 is 36.3 Å². The van der Waals surface area contributed by atoms with Crippen molar-refractivity contribution in [3.63, 3.8) is 0 Å². The molecule has 0 bridgehead atoms. The average Bonchev–Trinajstić information content (AvgIpc) is 3.38. The van der Waals surface area contributed by atoms with E-state index >= 15 is 0 Å². The van der Waals surface area contributed by atoms with Gasteiger partial charge in [-0.15, -0.1) is 11.6 Å². The number of anilines is 1. The monoisotopic (exact) mass is 601 g/mol. The highest BCUT2D eigenvalue weighted by Crippen LogP contribution is 2.41. The maximum Gasteiger partial charge on any atom is 0.417 e. The number of carbonyl (C=O) groups is 3. The molecule has 2 aromatic carbocycles. The number of halogens is 6. The van der Waals surface area contributed by atoms with Crippen LogP contribution in [0, 0.1) is 11.6 Å². The van der Waals surface area contributed by atoms with Crippen molar-refractivity contribution >= 4 is 40.4 Å². The molecule has 0 radical (unpaired) electrons. The molecule has 2 amide bonds. The largest absolute Gasteiger partial charge is 0.417 e. The van der Waals surface area contributed by atoms with Crippen LogP contribution in [0.15, 0.2) is 66.9 Å². The van der Waals surface area contributed by atoms with Gasteiger partial charge in [0.05, 0.1) is 16.8 Å². The third kappa shape index (κ3) is 5.27. The van der Waals surface area contributed by atoms with Gasteiger partial charge < -0.3 is 14.6 Å². The molecule has 6 nitrogen and oxygen atoms in total. The first kappa shape index (κ1) is 29.0. The van der Waals surface area contributed by atoms with Crippen molar-refractivity contribution in [2.45, 2.75) is 12.6 Å². The second kappa shape index (κ2) is 11.1. The Kier molecular flexibility index (Phi) is 7.63. The Hall–Kier alpha value is -4.51. The molecule has 0 saturated heterocycles. The molecule has 3 heterocycles. The number of amides is 2. The fraction of sp³-hybridized carbons (Fsp3) is 0.167. The summed E-state index contributed by atoms with van der Waals surface area (Å²) in [6.45, 7) is 0.294. The number of carbonyl (C=O) groups excluding carboxylic acids is 3. The second-order valence-corrected chi connectivity index (χ2v) is 9.92. The van der Waals surface area contributed by atoms with Crippen molar-refractivity contribution in [2.75, 3.05) is 24.8 Å². The third-order valence-electron chi connectivity index (χ3n) is 6.97. The lowest BCUT2D eigenvalue weighted by Gasteiger charge is -2.27. The van der Waals surface area contributed by atoms with Crippen LogP contribution in [0.25, 0.3) is 16.6 Å². The highest BCUT2D eigenvalue weighted by Gasteiger charge is 2.37. The van der Waals surface area contributed by atoms with E-state index in [0.717, 1.165) is 24.3 Å². The Morgan fingerprint density at radius 2 is 1.74 bits per heavy atom. The van der Waals surface area contributed by atoms with Gasteiger partial charge in [0.2, 0.25) is 11.7 Å². The number of pyridine rings is 1. The zero-order valence-corrected chi connectivity index (χ0v) is 22.6. The lowest BCUT2D eigenvalue weighted by molar-refractivity contribution is -0.137. The number of hydrogen-bond donors (Lipinski definition) is 1. The lowest BCUT2D eigenvalue weighted by atomic mass is 9.90. The summed E-state index contributed by atoms with van der Waals surface area (Å²) in [5, 5.41) is 2.04. The maximum absolute atomic E-state index is 14.7. The predicted molar refractivity (Wildman–Crippen MR) is 147 cm³/mol. The smallest absolute Gasteiger partial charge is 0.341 e. The van der Waals surface area contributed by atoms with Crippen molar-refractivity contribution in [2.24, 2.45) is 0 Å². The number of nitrogens with one attached hydrogen (secondary N) is 1. The van der Waals surface area contributed by atoms with E-state index in [4.69, 9.17) is 11.6 Å². The molecule has 1 N–H and O–H groups in total. The second-order valence-electron chi connectivity index (χ2n) is 9.62. The van der Waals surface area contributed by atoms with E-state index in [-0.39, 0.29) is 45.8 Å². The summed E-state index contributed by atoms with van der Waals surface area (Å²) in [6.07, 6.45) is -0.762. The first-order valence-corrected chi connectivity index (χ1v) is 13.1. The minimum absolute atomic E-state index is 0.0122. The van der Waals surface area contributed by atoms with E-state index < -0.39 is 46.7 Å². The molecule has 1 aliphatic heterocycles. The first-order chi connectivity index (χ1) is 19.9. The van der Waals surface area contributed by atoms with Crippen LogP contribution in [0.3, 0.4) is 0 Å². The normalized spacial score (nSPS) is 13.6. The number of benzene rings is 2. The number of likely N-dealkylation sites (N-methyl/N-ethyl adjacent to an activating group) is 1. The Bertz CT molecular complexity index is 1770. The van der Waals surface area contributed by atoms with Crippen molar-refractivity contribution in [3.05, 3.63) is 106 Å². The Morgan fingerprint density at radius 1 is 1.02 bits per heavy atom. The summed E-state index contributed by atoms with van der Waals surface area (Å²) in [5.41, 5.74) is -1.62. The van der Waals surface area contributed by atoms with Gasteiger partial charge in [-0.3, -0.25) is 14.4 Å². The molecule has 42 heavy (non-hydrogen) atoms. The van der Waals surface area contributed by atoms with E-state index in [0.29, 0.717) is 12.1 Å². The molecule has 0 aliphatic carbocycles. The molecule has 0 unspecified atom stereocenters. The van der Waals surface area contributed by atoms with E-state index in [2.05, 4.69) is 0 Å². The predicted octanol–water partition coefficient (Wildman–Crippen LogP) is 6.50. The van der Waals surface area contributed by atoms with E-state index in [9.17, 15) is 36.3 Å². The number of aromatic nitrogens is 1. The van der Waals surface area contributed by atoms with Gasteiger partial charge in [0, 0.05) is 48.4 Å². The van der Waals surface area contributed by atoms with Crippen molar-refractivity contribution in [1.29, 1.82) is 0 Å². The average molecular weight is 602 g/mol. The minimum Gasteiger partial charge on any atom is -0.341 e. The standard InChI is InChI=1S/C30H21ClF5N3O3/c1-38-11-8-16-12-21(30(34,35)36)20(15-19(16)29(38)42)18-4-3-10-39-24(18)6-7-25(39)28(41)17-13-22(32)27(23(33)14-17)37-26(40)5-2-9-31/h2-7,10,12-15H,8-9,11H2,1H3,(H,37,40)/b5-2+. The summed E-state index contributed by atoms with van der Waals surface area (Å²) in [6, 6.07) is 9.33. The van der Waals surface area contributed by atoms with Gasteiger partial charge in [-0.1, -0.05) is 12.1 Å². The molecule has 0 atom stereocenters. The van der Waals surface area contributed by atoms with Gasteiger partial charge in [-0.2, -0.15) is 13.2 Å². The SMILES string of the molecule is CN1CCc2cc(C(F)(F)F)c(-c3cccn4c(C(=O)c5cc(F)c(NC(=O)/C=C/CCl)c(F)c5)ccc34)cc2C1=O. The lowest BCUT2D eigenvalue weighted by Crippen LogP contribution is -2.34. The molecule has 1 aliphatic rings. The Labute approximate surface area is 241 Å². The van der Waals surface area contributed by atoms with E-state index in [1.54, 1.807) is 7.05 Å². The minimum atomic E-state index is -4.74. The summed E-state index contributed by atoms with van der Waals surface area (Å²) < 4.78 is 73.5. The molecule has 2 aromatic heterocycles. The highest BCUT2D eigenvalue weighted by molar-refractivity contribution is 6.19. The number of hydrogen-bond acceptors (Lipinski definition) is 3. The highest BCUT2D eigenvalue weighted by atomic mass is 35.5. The van der Waals surface area contributed by atoms with Crippen LogP contribution in [-0.2, 0) is 17.4 Å². The van der Waals surface area contributed by atoms with Crippen LogP contribution in [0.2, 0.25) is 0 Å². The van der Waals surface area contributed by atoms with Gasteiger partial charge in [-0.05, 0) is 60.0 Å². The van der Waals surface area contributed by atoms with Crippen LogP contribution in [0.1, 0.15) is 37.5 Å². The number of ketones is 1. The molecule has 0 spiro atoms. The van der Waals surface area contributed by atoms with Gasteiger partial charge >= 0.3 is 6.18 Å². The van der Waals surface area contributed by atoms with Gasteiger partial charge in [0.1, 0.15) is 17.3 Å². The molecular formula is C30H21ClF5N3O3. The quantitative estimate of drug-likeness (QED) is 0.119. The fourth-order valence-electron chi connectivity index (χ4n) is 4.94. The van der Waals surface area contributed by atoms with Crippen molar-refractivity contribution in [3.8, 4) is 11.1 Å². The molecule has 4 aromatic rings. The summed E-state index contributed by atoms with van der Waals surface area (Å²) in [4.78, 5) is 39.4. The molecular weight excluding hydrogens is 581 g/mol. The first-order valence-electron chi connectivity index (χ1n) is 12.6. The number of allylic oxidation sites excluding steroid dienone is 1. The fourth-order valence-corrected chi connectivity index (χ4v) is 5.03. The molecule has 0 saturated carbocycles. The van der Waals surface area contributed by atoms with E-state index in [1.165, 1.54) is 51.9 Å². The van der Waals surface area contributed by atoms with Crippen molar-refractivity contribution in [1.82, 2.24) is 9.30 Å². The molecule has 12 heteroatoms. The summed E-state index contributed by atoms with van der Waals surface area (Å²) in [7, 11) is 1.57. The number of nitrogens with zero attached hydrogens (tertiary/aromatic N) is 2. The summed E-state index contributed by atoms with van der Waals surface area (Å²) >= 11 is 5.45. The maximum atomic E-state index is 14.7. The Morgan fingerprint density at radius 3 is 2.40 bits per heavy atom. The zero-order valence-electron chi connectivity index (χ0n) is 21.9. The molecule has 5 rings (SSSR count). The van der Waals surface area contributed by atoms with Crippen LogP contribution in [0.5, 0.6) is 0 Å². The van der Waals surface area contributed by atoms with E-state index in [1.807, 2.05) is 5.32 Å². The zero-order chi connectivity index (χ0) is 30.3. The summed E-state index contributed by atoms with van der Waals surface area (Å²) in [5.74, 6) is -4.44. The van der Waals surface area contributed by atoms with Gasteiger partial charge in [0.15, 0.2) is 0 Å². The van der Waals surface area contributed by atoms with Crippen LogP contribution < -0.4 is 5.32 Å². The third-order valence-corrected chi connectivity index (χ3v) is 7.15.